The summed E-state index contributed by atoms with van der Waals surface area (Å²) in [7, 11) is 0. The number of benzene rings is 3. The first-order valence-corrected chi connectivity index (χ1v) is 12.4. The fourth-order valence-electron chi connectivity index (χ4n) is 3.03. The predicted molar refractivity (Wildman–Crippen MR) is 143 cm³/mol. The molecular formula is C25H19BrClN5OS. The molecule has 1 heterocycles. The van der Waals surface area contributed by atoms with Crippen molar-refractivity contribution in [2.24, 2.45) is 5.10 Å². The molecular weight excluding hydrogens is 534 g/mol. The van der Waals surface area contributed by atoms with E-state index in [1.54, 1.807) is 6.21 Å². The smallest absolute Gasteiger partial charge is 0.250 e. The van der Waals surface area contributed by atoms with Crippen LogP contribution in [0.5, 0.6) is 0 Å². The second-order valence-corrected chi connectivity index (χ2v) is 9.30. The molecule has 1 amide bonds. The average molecular weight is 553 g/mol. The van der Waals surface area contributed by atoms with Crippen molar-refractivity contribution < 1.29 is 4.79 Å². The van der Waals surface area contributed by atoms with Gasteiger partial charge in [-0.2, -0.15) is 5.10 Å². The second-order valence-electron chi connectivity index (χ2n) is 7.01. The Labute approximate surface area is 214 Å². The SMILES string of the molecule is O=C(CSc1nnc(-c2ccc(Cl)cc2)n1-c1ccccc1)NN=CC(Br)=Cc1ccccc1. The van der Waals surface area contributed by atoms with E-state index in [-0.39, 0.29) is 11.7 Å². The van der Waals surface area contributed by atoms with Gasteiger partial charge in [0.2, 0.25) is 0 Å². The minimum atomic E-state index is -0.253. The number of nitrogens with zero attached hydrogens (tertiary/aromatic N) is 4. The molecule has 9 heteroatoms. The Morgan fingerprint density at radius 2 is 1.68 bits per heavy atom. The van der Waals surface area contributed by atoms with E-state index in [0.717, 1.165) is 21.3 Å². The normalized spacial score (nSPS) is 11.6. The van der Waals surface area contributed by atoms with Crippen molar-refractivity contribution in [1.29, 1.82) is 0 Å². The summed E-state index contributed by atoms with van der Waals surface area (Å²) in [4.78, 5) is 12.4. The summed E-state index contributed by atoms with van der Waals surface area (Å²) in [5.41, 5.74) is 5.34. The van der Waals surface area contributed by atoms with E-state index in [2.05, 4.69) is 36.7 Å². The van der Waals surface area contributed by atoms with Gasteiger partial charge in [0.25, 0.3) is 5.91 Å². The highest BCUT2D eigenvalue weighted by Gasteiger charge is 2.17. The lowest BCUT2D eigenvalue weighted by Gasteiger charge is -2.10. The van der Waals surface area contributed by atoms with Crippen LogP contribution in [0, 0.1) is 0 Å². The minimum absolute atomic E-state index is 0.128. The van der Waals surface area contributed by atoms with Crippen LogP contribution in [-0.2, 0) is 4.79 Å². The van der Waals surface area contributed by atoms with E-state index in [4.69, 9.17) is 11.6 Å². The Bertz CT molecular complexity index is 1310. The molecule has 0 bridgehead atoms. The van der Waals surface area contributed by atoms with Gasteiger partial charge in [-0.1, -0.05) is 71.9 Å². The fraction of sp³-hybridized carbons (Fsp3) is 0.0400. The lowest BCUT2D eigenvalue weighted by molar-refractivity contribution is -0.118. The third kappa shape index (κ3) is 6.44. The number of allylic oxidation sites excluding steroid dienone is 1. The number of hydrogen-bond acceptors (Lipinski definition) is 5. The van der Waals surface area contributed by atoms with E-state index in [1.807, 2.05) is 95.6 Å². The van der Waals surface area contributed by atoms with E-state index in [9.17, 15) is 4.79 Å². The zero-order valence-corrected chi connectivity index (χ0v) is 21.0. The fourth-order valence-corrected chi connectivity index (χ4v) is 4.27. The summed E-state index contributed by atoms with van der Waals surface area (Å²) in [6.07, 6.45) is 3.45. The Balaban J connectivity index is 1.45. The number of para-hydroxylation sites is 1. The molecule has 0 saturated carbocycles. The van der Waals surface area contributed by atoms with Crippen LogP contribution in [0.4, 0.5) is 0 Å². The zero-order chi connectivity index (χ0) is 23.8. The highest BCUT2D eigenvalue weighted by Crippen LogP contribution is 2.28. The van der Waals surface area contributed by atoms with Crippen LogP contribution in [0.25, 0.3) is 23.2 Å². The Morgan fingerprint density at radius 1 is 1.00 bits per heavy atom. The number of halogens is 2. The van der Waals surface area contributed by atoms with Gasteiger partial charge in [-0.3, -0.25) is 9.36 Å². The number of carbonyl (C=O) groups is 1. The third-order valence-electron chi connectivity index (χ3n) is 4.56. The predicted octanol–water partition coefficient (Wildman–Crippen LogP) is 6.22. The number of aromatic nitrogens is 3. The minimum Gasteiger partial charge on any atom is -0.272 e. The zero-order valence-electron chi connectivity index (χ0n) is 17.8. The first-order chi connectivity index (χ1) is 16.6. The maximum Gasteiger partial charge on any atom is 0.250 e. The van der Waals surface area contributed by atoms with E-state index < -0.39 is 0 Å². The van der Waals surface area contributed by atoms with Crippen molar-refractivity contribution >= 4 is 57.5 Å². The van der Waals surface area contributed by atoms with Crippen LogP contribution < -0.4 is 5.43 Å². The highest BCUT2D eigenvalue weighted by molar-refractivity contribution is 9.12. The molecule has 4 aromatic rings. The third-order valence-corrected chi connectivity index (χ3v) is 6.18. The Hall–Kier alpha value is -3.20. The molecule has 1 N–H and O–H groups in total. The summed E-state index contributed by atoms with van der Waals surface area (Å²) in [6, 6.07) is 27.0. The topological polar surface area (TPSA) is 72.2 Å². The summed E-state index contributed by atoms with van der Waals surface area (Å²) in [6.45, 7) is 0. The monoisotopic (exact) mass is 551 g/mol. The Morgan fingerprint density at radius 3 is 2.38 bits per heavy atom. The summed E-state index contributed by atoms with van der Waals surface area (Å²) in [5.74, 6) is 0.541. The molecule has 0 unspecified atom stereocenters. The second kappa shape index (κ2) is 11.8. The largest absolute Gasteiger partial charge is 0.272 e. The molecule has 0 saturated heterocycles. The van der Waals surface area contributed by atoms with Gasteiger partial charge >= 0.3 is 0 Å². The van der Waals surface area contributed by atoms with Crippen LogP contribution >= 0.6 is 39.3 Å². The van der Waals surface area contributed by atoms with Crippen LogP contribution in [0.1, 0.15) is 5.56 Å². The Kier molecular flexibility index (Phi) is 8.30. The molecule has 0 fully saturated rings. The van der Waals surface area contributed by atoms with Gasteiger partial charge in [0.1, 0.15) is 0 Å². The number of hydrazone groups is 1. The van der Waals surface area contributed by atoms with Crippen LogP contribution in [0.2, 0.25) is 5.02 Å². The molecule has 0 atom stereocenters. The number of amides is 1. The molecule has 0 aliphatic rings. The number of hydrogen-bond donors (Lipinski definition) is 1. The van der Waals surface area contributed by atoms with E-state index >= 15 is 0 Å². The lowest BCUT2D eigenvalue weighted by Crippen LogP contribution is -2.19. The van der Waals surface area contributed by atoms with Gasteiger partial charge in [-0.25, -0.2) is 5.43 Å². The van der Waals surface area contributed by atoms with Crippen molar-refractivity contribution in [1.82, 2.24) is 20.2 Å². The average Bonchev–Trinajstić information content (AvgIpc) is 3.28. The van der Waals surface area contributed by atoms with Gasteiger partial charge in [0.05, 0.1) is 12.0 Å². The number of rotatable bonds is 8. The molecule has 0 aliphatic heterocycles. The molecule has 1 aromatic heterocycles. The van der Waals surface area contributed by atoms with Gasteiger partial charge in [-0.15, -0.1) is 10.2 Å². The van der Waals surface area contributed by atoms with Crippen LogP contribution in [-0.4, -0.2) is 32.6 Å². The molecule has 0 spiro atoms. The van der Waals surface area contributed by atoms with Crippen molar-refractivity contribution in [3.63, 3.8) is 0 Å². The molecule has 4 rings (SSSR count). The van der Waals surface area contributed by atoms with Crippen LogP contribution in [0.3, 0.4) is 0 Å². The molecule has 0 aliphatic carbocycles. The van der Waals surface area contributed by atoms with E-state index in [0.29, 0.717) is 16.0 Å². The number of carbonyl (C=O) groups excluding carboxylic acids is 1. The highest BCUT2D eigenvalue weighted by atomic mass is 79.9. The first kappa shape index (κ1) is 23.9. The van der Waals surface area contributed by atoms with Gasteiger partial charge in [-0.05, 0) is 64.0 Å². The summed E-state index contributed by atoms with van der Waals surface area (Å²) < 4.78 is 2.66. The van der Waals surface area contributed by atoms with Crippen molar-refractivity contribution in [2.45, 2.75) is 5.16 Å². The standard InChI is InChI=1S/C25H19BrClN5OS/c26-20(15-18-7-3-1-4-8-18)16-28-29-23(33)17-34-25-31-30-24(19-11-13-21(27)14-12-19)32(25)22-9-5-2-6-10-22/h1-16H,17H2,(H,29,33). The van der Waals surface area contributed by atoms with Crippen molar-refractivity contribution in [2.75, 3.05) is 5.75 Å². The van der Waals surface area contributed by atoms with Gasteiger partial charge in [0, 0.05) is 20.8 Å². The first-order valence-electron chi connectivity index (χ1n) is 10.2. The summed E-state index contributed by atoms with van der Waals surface area (Å²) >= 11 is 10.7. The maximum absolute atomic E-state index is 12.4. The van der Waals surface area contributed by atoms with Gasteiger partial charge < -0.3 is 0 Å². The molecule has 170 valence electrons. The lowest BCUT2D eigenvalue weighted by atomic mass is 10.2. The van der Waals surface area contributed by atoms with Crippen LogP contribution in [0.15, 0.2) is 99.7 Å². The van der Waals surface area contributed by atoms with Crippen molar-refractivity contribution in [3.8, 4) is 17.1 Å². The number of nitrogens with one attached hydrogen (secondary N) is 1. The number of thioether (sulfide) groups is 1. The van der Waals surface area contributed by atoms with Crippen molar-refractivity contribution in [3.05, 3.63) is 100.0 Å². The van der Waals surface area contributed by atoms with E-state index in [1.165, 1.54) is 11.8 Å². The quantitative estimate of drug-likeness (QED) is 0.160. The molecule has 6 nitrogen and oxygen atoms in total. The molecule has 34 heavy (non-hydrogen) atoms. The summed E-state index contributed by atoms with van der Waals surface area (Å²) in [5, 5.41) is 14.0. The maximum atomic E-state index is 12.4. The van der Waals surface area contributed by atoms with Gasteiger partial charge in [0.15, 0.2) is 11.0 Å². The molecule has 0 radical (unpaired) electrons. The molecule has 3 aromatic carbocycles.